The van der Waals surface area contributed by atoms with Crippen molar-refractivity contribution in [2.45, 2.75) is 50.5 Å². The maximum atomic E-state index is 15.5. The smallest absolute Gasteiger partial charge is 0.204 e. The number of hydrogen-bond acceptors (Lipinski definition) is 20. The zero-order valence-corrected chi connectivity index (χ0v) is 42.6. The molecule has 22 nitrogen and oxygen atoms in total. The fourth-order valence-corrected chi connectivity index (χ4v) is 10.9. The SMILES string of the molecule is COc1cccc(OC)c1-n1c(CS(=O)(=O)C[C@@](C)(F)c2ncc(C#N)cn2)nnc1-c1ccc(C)o1.COc1cccc(OC)c1-n1c(CS(=O)(=O)C[C@](C)(F)c2ncc(C#N)cn2)nnc1-c1ccc(C)o1. The molecule has 0 aliphatic rings. The third kappa shape index (κ3) is 11.7. The van der Waals surface area contributed by atoms with Crippen molar-refractivity contribution in [2.75, 3.05) is 39.9 Å². The van der Waals surface area contributed by atoms with Gasteiger partial charge in [0.2, 0.25) is 11.6 Å². The van der Waals surface area contributed by atoms with Crippen LogP contribution in [0.15, 0.2) is 94.3 Å². The Morgan fingerprint density at radius 3 is 1.15 bits per heavy atom. The molecule has 0 radical (unpaired) electrons. The van der Waals surface area contributed by atoms with Crippen LogP contribution in [0.3, 0.4) is 0 Å². The third-order valence-electron chi connectivity index (χ3n) is 10.8. The number of nitrogens with zero attached hydrogens (tertiary/aromatic N) is 12. The number of rotatable bonds is 18. The van der Waals surface area contributed by atoms with E-state index in [1.807, 2.05) is 12.1 Å². The van der Waals surface area contributed by atoms with Gasteiger partial charge < -0.3 is 27.8 Å². The lowest BCUT2D eigenvalue weighted by Gasteiger charge is -2.19. The number of nitriles is 2. The normalized spacial score (nSPS) is 13.1. The van der Waals surface area contributed by atoms with E-state index in [2.05, 4.69) is 40.3 Å². The van der Waals surface area contributed by atoms with Gasteiger partial charge in [-0.15, -0.1) is 20.4 Å². The minimum Gasteiger partial charge on any atom is -0.494 e. The summed E-state index contributed by atoms with van der Waals surface area (Å²) >= 11 is 0. The van der Waals surface area contributed by atoms with Crippen LogP contribution < -0.4 is 18.9 Å². The zero-order chi connectivity index (χ0) is 53.6. The summed E-state index contributed by atoms with van der Waals surface area (Å²) in [7, 11) is -2.45. The molecule has 2 atom stereocenters. The average molecular weight is 1050 g/mol. The first-order valence-electron chi connectivity index (χ1n) is 21.9. The summed E-state index contributed by atoms with van der Waals surface area (Å²) in [5.41, 5.74) is -3.90. The van der Waals surface area contributed by atoms with Crippen LogP contribution in [0.2, 0.25) is 0 Å². The van der Waals surface area contributed by atoms with Gasteiger partial charge in [-0.05, 0) is 76.2 Å². The standard InChI is InChI=1S/2C24H23FN6O5S/c2*1-15-8-9-19(36-15)22-30-29-20(31(22)21-17(34-3)6-5-7-18(21)35-4)13-37(32,33)14-24(2,25)23-27-11-16(10-26)12-28-23/h2*5-9,11-12H,13-14H2,1-4H3/t2*24-/m10/s1. The number of hydrogen-bond donors (Lipinski definition) is 0. The van der Waals surface area contributed by atoms with E-state index < -0.39 is 54.0 Å². The molecular weight excluding hydrogens is 1010 g/mol. The largest absolute Gasteiger partial charge is 0.494 e. The van der Waals surface area contributed by atoms with Crippen molar-refractivity contribution < 1.29 is 53.4 Å². The lowest BCUT2D eigenvalue weighted by atomic mass is 10.1. The lowest BCUT2D eigenvalue weighted by Crippen LogP contribution is -2.30. The molecule has 0 saturated carbocycles. The highest BCUT2D eigenvalue weighted by Crippen LogP contribution is 2.39. The van der Waals surface area contributed by atoms with Crippen molar-refractivity contribution in [3.05, 3.63) is 131 Å². The van der Waals surface area contributed by atoms with Crippen molar-refractivity contribution in [1.82, 2.24) is 49.5 Å². The molecule has 6 aromatic heterocycles. The van der Waals surface area contributed by atoms with E-state index in [9.17, 15) is 16.8 Å². The van der Waals surface area contributed by atoms with Crippen LogP contribution in [-0.2, 0) is 42.5 Å². The molecule has 6 heterocycles. The number of methoxy groups -OCH3 is 4. The highest BCUT2D eigenvalue weighted by Gasteiger charge is 2.39. The number of alkyl halides is 2. The number of aromatic nitrogens is 10. The predicted molar refractivity (Wildman–Crippen MR) is 259 cm³/mol. The Morgan fingerprint density at radius 1 is 0.554 bits per heavy atom. The van der Waals surface area contributed by atoms with Crippen molar-refractivity contribution in [2.24, 2.45) is 0 Å². The minimum absolute atomic E-state index is 0.0107. The molecule has 0 fully saturated rings. The molecule has 8 aromatic rings. The van der Waals surface area contributed by atoms with Crippen molar-refractivity contribution in [3.63, 3.8) is 0 Å². The van der Waals surface area contributed by atoms with E-state index >= 15 is 8.78 Å². The summed E-state index contributed by atoms with van der Waals surface area (Å²) in [5, 5.41) is 34.4. The third-order valence-corrected chi connectivity index (χ3v) is 14.2. The van der Waals surface area contributed by atoms with Gasteiger partial charge in [-0.1, -0.05) is 12.1 Å². The van der Waals surface area contributed by atoms with Gasteiger partial charge in [0, 0.05) is 24.8 Å². The van der Waals surface area contributed by atoms with Crippen molar-refractivity contribution in [1.29, 1.82) is 10.5 Å². The predicted octanol–water partition coefficient (Wildman–Crippen LogP) is 6.63. The number of para-hydroxylation sites is 2. The maximum Gasteiger partial charge on any atom is 0.204 e. The summed E-state index contributed by atoms with van der Waals surface area (Å²) in [4.78, 5) is 15.3. The molecule has 74 heavy (non-hydrogen) atoms. The first-order chi connectivity index (χ1) is 35.2. The molecule has 0 amide bonds. The summed E-state index contributed by atoms with van der Waals surface area (Å²) in [6.07, 6.45) is 4.54. The number of sulfone groups is 2. The maximum absolute atomic E-state index is 15.5. The van der Waals surface area contributed by atoms with Crippen LogP contribution in [0.1, 0.15) is 59.8 Å². The summed E-state index contributed by atoms with van der Waals surface area (Å²) in [6, 6.07) is 20.6. The molecule has 0 unspecified atom stereocenters. The topological polar surface area (TPSA) is 292 Å². The molecule has 0 bridgehead atoms. The van der Waals surface area contributed by atoms with E-state index in [4.69, 9.17) is 38.3 Å². The van der Waals surface area contributed by atoms with Gasteiger partial charge in [0.25, 0.3) is 0 Å². The number of benzene rings is 2. The molecule has 2 aromatic carbocycles. The number of furan rings is 2. The first-order valence-corrected chi connectivity index (χ1v) is 25.5. The highest BCUT2D eigenvalue weighted by molar-refractivity contribution is 7.90. The van der Waals surface area contributed by atoms with Gasteiger partial charge in [0.15, 0.2) is 65.8 Å². The summed E-state index contributed by atoms with van der Waals surface area (Å²) in [6.45, 7) is 5.65. The minimum atomic E-state index is -4.15. The van der Waals surface area contributed by atoms with Crippen LogP contribution >= 0.6 is 0 Å². The zero-order valence-electron chi connectivity index (χ0n) is 40.9. The van der Waals surface area contributed by atoms with Gasteiger partial charge in [-0.2, -0.15) is 10.5 Å². The summed E-state index contributed by atoms with van der Waals surface area (Å²) < 4.78 is 120. The Balaban J connectivity index is 0.000000216. The summed E-state index contributed by atoms with van der Waals surface area (Å²) in [5.74, 6) is -0.162. The van der Waals surface area contributed by atoms with Gasteiger partial charge in [0.1, 0.15) is 69.5 Å². The van der Waals surface area contributed by atoms with E-state index in [1.165, 1.54) is 37.6 Å². The Labute approximate surface area is 423 Å². The fraction of sp³-hybridized carbons (Fsp3) is 0.292. The first kappa shape index (κ1) is 53.2. The lowest BCUT2D eigenvalue weighted by molar-refractivity contribution is 0.209. The van der Waals surface area contributed by atoms with E-state index in [1.54, 1.807) is 74.5 Å². The van der Waals surface area contributed by atoms with Crippen molar-refractivity contribution in [3.8, 4) is 69.7 Å². The van der Waals surface area contributed by atoms with Gasteiger partial charge in [0.05, 0.1) is 51.1 Å². The van der Waals surface area contributed by atoms with Crippen LogP contribution in [0.5, 0.6) is 23.0 Å². The number of halogens is 2. The van der Waals surface area contributed by atoms with Crippen LogP contribution in [0, 0.1) is 36.5 Å². The van der Waals surface area contributed by atoms with E-state index in [0.29, 0.717) is 57.4 Å². The molecule has 0 N–H and O–H groups in total. The second-order valence-corrected chi connectivity index (χ2v) is 20.8. The second-order valence-electron chi connectivity index (χ2n) is 16.7. The molecule has 0 spiro atoms. The monoisotopic (exact) mass is 1050 g/mol. The number of ether oxygens (including phenoxy) is 4. The molecule has 0 aliphatic carbocycles. The Kier molecular flexibility index (Phi) is 15.5. The van der Waals surface area contributed by atoms with Crippen LogP contribution in [0.4, 0.5) is 8.78 Å². The Morgan fingerprint density at radius 2 is 0.878 bits per heavy atom. The van der Waals surface area contributed by atoms with Gasteiger partial charge in [-0.25, -0.2) is 45.6 Å². The fourth-order valence-electron chi connectivity index (χ4n) is 7.58. The van der Waals surface area contributed by atoms with Crippen molar-refractivity contribution >= 4 is 19.7 Å². The average Bonchev–Trinajstić information content (AvgIpc) is 4.19. The van der Waals surface area contributed by atoms with E-state index in [0.717, 1.165) is 38.6 Å². The van der Waals surface area contributed by atoms with Gasteiger partial charge in [-0.3, -0.25) is 9.13 Å². The van der Waals surface area contributed by atoms with E-state index in [-0.39, 0.29) is 46.1 Å². The molecule has 26 heteroatoms. The molecule has 384 valence electrons. The quantitative estimate of drug-likeness (QED) is 0.0871. The number of aryl methyl sites for hydroxylation is 2. The van der Waals surface area contributed by atoms with Gasteiger partial charge >= 0.3 is 0 Å². The highest BCUT2D eigenvalue weighted by atomic mass is 32.2. The molecule has 8 rings (SSSR count). The van der Waals surface area contributed by atoms with Crippen LogP contribution in [0.25, 0.3) is 34.5 Å². The second kappa shape index (κ2) is 21.6. The molecular formula is C48H46F2N12O10S2. The Bertz CT molecular complexity index is 3340. The Hall–Kier alpha value is -8.62. The molecule has 0 saturated heterocycles. The van der Waals surface area contributed by atoms with Crippen LogP contribution in [-0.4, -0.2) is 106 Å². The molecule has 0 aliphatic heterocycles.